The minimum Gasteiger partial charge on any atom is -0.0616 e. The van der Waals surface area contributed by atoms with Crippen LogP contribution < -0.4 is 0 Å². The van der Waals surface area contributed by atoms with E-state index in [9.17, 15) is 0 Å². The summed E-state index contributed by atoms with van der Waals surface area (Å²) in [5, 5.41) is 12.8. The van der Waals surface area contributed by atoms with Crippen molar-refractivity contribution in [3.8, 4) is 44.5 Å². The van der Waals surface area contributed by atoms with Gasteiger partial charge in [-0.15, -0.1) is 0 Å². The summed E-state index contributed by atoms with van der Waals surface area (Å²) in [6.07, 6.45) is 0.987. The van der Waals surface area contributed by atoms with Crippen molar-refractivity contribution >= 4 is 53.9 Å². The van der Waals surface area contributed by atoms with E-state index in [0.29, 0.717) is 0 Å². The first-order chi connectivity index (χ1) is 25.3. The number of hydrogen-bond acceptors (Lipinski definition) is 0. The zero-order valence-corrected chi connectivity index (χ0v) is 28.0. The highest BCUT2D eigenvalue weighted by Crippen LogP contribution is 2.47. The Morgan fingerprint density at radius 1 is 0.255 bits per heavy atom. The van der Waals surface area contributed by atoms with Crippen molar-refractivity contribution in [1.29, 1.82) is 0 Å². The number of fused-ring (bicyclic) bond motifs is 9. The van der Waals surface area contributed by atoms with Gasteiger partial charge in [0, 0.05) is 0 Å². The van der Waals surface area contributed by atoms with Crippen LogP contribution in [0.3, 0.4) is 0 Å². The molecule has 0 heteroatoms. The van der Waals surface area contributed by atoms with Crippen LogP contribution in [0.25, 0.3) is 98.4 Å². The van der Waals surface area contributed by atoms with Gasteiger partial charge in [-0.05, 0) is 140 Å². The van der Waals surface area contributed by atoms with Crippen LogP contribution >= 0.6 is 0 Å². The molecule has 0 saturated heterocycles. The molecule has 11 rings (SSSR count). The van der Waals surface area contributed by atoms with Crippen molar-refractivity contribution in [3.63, 3.8) is 0 Å². The van der Waals surface area contributed by atoms with Gasteiger partial charge in [0.2, 0.25) is 0 Å². The smallest absolute Gasteiger partial charge is 0.00132 e. The summed E-state index contributed by atoms with van der Waals surface area (Å²) in [6, 6.07) is 67.9. The van der Waals surface area contributed by atoms with E-state index >= 15 is 0 Å². The molecule has 0 saturated carbocycles. The van der Waals surface area contributed by atoms with Gasteiger partial charge in [-0.2, -0.15) is 0 Å². The van der Waals surface area contributed by atoms with Crippen LogP contribution in [0.5, 0.6) is 0 Å². The molecule has 0 atom stereocenters. The molecule has 10 aromatic rings. The zero-order chi connectivity index (χ0) is 33.5. The molecule has 0 radical (unpaired) electrons. The molecular formula is C51H32. The molecule has 0 bridgehead atoms. The van der Waals surface area contributed by atoms with Crippen LogP contribution in [-0.4, -0.2) is 0 Å². The molecule has 0 amide bonds. The number of benzene rings is 10. The van der Waals surface area contributed by atoms with Crippen molar-refractivity contribution in [2.45, 2.75) is 6.42 Å². The first-order valence-corrected chi connectivity index (χ1v) is 17.9. The summed E-state index contributed by atoms with van der Waals surface area (Å²) in [7, 11) is 0. The van der Waals surface area contributed by atoms with Gasteiger partial charge in [-0.3, -0.25) is 0 Å². The van der Waals surface area contributed by atoms with Crippen molar-refractivity contribution < 1.29 is 0 Å². The Morgan fingerprint density at radius 3 is 1.41 bits per heavy atom. The second-order valence-corrected chi connectivity index (χ2v) is 14.0. The summed E-state index contributed by atoms with van der Waals surface area (Å²) in [5.74, 6) is 0. The van der Waals surface area contributed by atoms with Crippen LogP contribution in [0, 0.1) is 0 Å². The van der Waals surface area contributed by atoms with E-state index in [0.717, 1.165) is 6.42 Å². The lowest BCUT2D eigenvalue weighted by Crippen LogP contribution is -1.92. The third-order valence-electron chi connectivity index (χ3n) is 11.2. The van der Waals surface area contributed by atoms with E-state index in [2.05, 4.69) is 182 Å². The Balaban J connectivity index is 1.20. The van der Waals surface area contributed by atoms with Crippen molar-refractivity contribution in [3.05, 3.63) is 193 Å². The summed E-state index contributed by atoms with van der Waals surface area (Å²) >= 11 is 0. The Morgan fingerprint density at radius 2 is 0.725 bits per heavy atom. The van der Waals surface area contributed by atoms with Gasteiger partial charge in [0.25, 0.3) is 0 Å². The average Bonchev–Trinajstić information content (AvgIpc) is 3.58. The lowest BCUT2D eigenvalue weighted by molar-refractivity contribution is 1.27. The van der Waals surface area contributed by atoms with Crippen molar-refractivity contribution in [1.82, 2.24) is 0 Å². The lowest BCUT2D eigenvalue weighted by Gasteiger charge is -2.19. The van der Waals surface area contributed by atoms with Gasteiger partial charge in [-0.1, -0.05) is 158 Å². The van der Waals surface area contributed by atoms with Crippen LogP contribution in [0.2, 0.25) is 0 Å². The van der Waals surface area contributed by atoms with Crippen LogP contribution in [0.15, 0.2) is 182 Å². The summed E-state index contributed by atoms with van der Waals surface area (Å²) < 4.78 is 0. The molecule has 0 aliphatic heterocycles. The Bertz CT molecular complexity index is 3050. The summed E-state index contributed by atoms with van der Waals surface area (Å²) in [5.41, 5.74) is 13.1. The number of rotatable bonds is 3. The van der Waals surface area contributed by atoms with Crippen LogP contribution in [0.4, 0.5) is 0 Å². The van der Waals surface area contributed by atoms with E-state index in [4.69, 9.17) is 0 Å². The Hall–Kier alpha value is -6.50. The van der Waals surface area contributed by atoms with E-state index in [-0.39, 0.29) is 0 Å². The summed E-state index contributed by atoms with van der Waals surface area (Å²) in [6.45, 7) is 0. The fraction of sp³-hybridized carbons (Fsp3) is 0.0196. The third kappa shape index (κ3) is 4.40. The first kappa shape index (κ1) is 28.3. The normalized spacial score (nSPS) is 12.2. The predicted molar refractivity (Wildman–Crippen MR) is 219 cm³/mol. The molecule has 51 heavy (non-hydrogen) atoms. The van der Waals surface area contributed by atoms with E-state index in [1.165, 1.54) is 109 Å². The Kier molecular flexibility index (Phi) is 6.12. The Labute approximate surface area is 296 Å². The fourth-order valence-corrected chi connectivity index (χ4v) is 8.80. The highest BCUT2D eigenvalue weighted by atomic mass is 14.3. The van der Waals surface area contributed by atoms with Crippen LogP contribution in [-0.2, 0) is 6.42 Å². The molecule has 236 valence electrons. The first-order valence-electron chi connectivity index (χ1n) is 17.9. The highest BCUT2D eigenvalue weighted by Gasteiger charge is 2.22. The SMILES string of the molecule is c1ccc2cc(-c3c4ccccc4c(-c4ccc5ccccc5c4)c4cc(-c5ccc6c(c5)-c5c(ccc7ccccc57)C6)ccc34)ccc2c1. The third-order valence-corrected chi connectivity index (χ3v) is 11.2. The second-order valence-electron chi connectivity index (χ2n) is 14.0. The average molecular weight is 645 g/mol. The van der Waals surface area contributed by atoms with Gasteiger partial charge < -0.3 is 0 Å². The molecular weight excluding hydrogens is 613 g/mol. The molecule has 0 unspecified atom stereocenters. The largest absolute Gasteiger partial charge is 0.0616 e. The maximum absolute atomic E-state index is 2.46. The lowest BCUT2D eigenvalue weighted by atomic mass is 9.84. The molecule has 0 spiro atoms. The highest BCUT2D eigenvalue weighted by molar-refractivity contribution is 6.22. The second kappa shape index (κ2) is 11.0. The molecule has 0 nitrogen and oxygen atoms in total. The fourth-order valence-electron chi connectivity index (χ4n) is 8.80. The van der Waals surface area contributed by atoms with Gasteiger partial charge in [-0.25, -0.2) is 0 Å². The van der Waals surface area contributed by atoms with Crippen molar-refractivity contribution in [2.24, 2.45) is 0 Å². The molecule has 10 aromatic carbocycles. The maximum Gasteiger partial charge on any atom is -0.00132 e. The predicted octanol–water partition coefficient (Wildman–Crippen LogP) is 14.0. The maximum atomic E-state index is 2.46. The topological polar surface area (TPSA) is 0 Å². The van der Waals surface area contributed by atoms with Gasteiger partial charge in [0.15, 0.2) is 0 Å². The minimum atomic E-state index is 0.987. The molecule has 1 aliphatic rings. The van der Waals surface area contributed by atoms with E-state index in [1.807, 2.05) is 0 Å². The monoisotopic (exact) mass is 644 g/mol. The molecule has 0 fully saturated rings. The van der Waals surface area contributed by atoms with Crippen molar-refractivity contribution in [2.75, 3.05) is 0 Å². The quantitative estimate of drug-likeness (QED) is 0.168. The van der Waals surface area contributed by atoms with E-state index < -0.39 is 0 Å². The van der Waals surface area contributed by atoms with E-state index in [1.54, 1.807) is 0 Å². The molecule has 0 aromatic heterocycles. The van der Waals surface area contributed by atoms with Gasteiger partial charge in [0.05, 0.1) is 0 Å². The molecule has 0 N–H and O–H groups in total. The molecule has 1 aliphatic carbocycles. The summed E-state index contributed by atoms with van der Waals surface area (Å²) in [4.78, 5) is 0. The van der Waals surface area contributed by atoms with Gasteiger partial charge in [0.1, 0.15) is 0 Å². The van der Waals surface area contributed by atoms with Crippen LogP contribution in [0.1, 0.15) is 11.1 Å². The standard InChI is InChI=1S/C51H32/c1-3-12-35-27-40(22-17-32(35)9-1)50-44-15-7-8-16-45(44)51(41-23-18-33-10-2-4-13-36(33)28-41)48-31-38(25-26-46(48)50)37-20-21-39-29-42-24-19-34-11-5-6-14-43(34)49(42)47(39)30-37/h1-28,30-31H,29H2. The van der Waals surface area contributed by atoms with Gasteiger partial charge >= 0.3 is 0 Å². The molecule has 0 heterocycles. The minimum absolute atomic E-state index is 0.987. The zero-order valence-electron chi connectivity index (χ0n) is 28.0. The number of hydrogen-bond donors (Lipinski definition) is 0.